The molecule has 0 aliphatic rings. The first-order chi connectivity index (χ1) is 14.6. The van der Waals surface area contributed by atoms with Crippen molar-refractivity contribution in [2.24, 2.45) is 0 Å². The van der Waals surface area contributed by atoms with E-state index >= 15 is 0 Å². The van der Waals surface area contributed by atoms with E-state index in [2.05, 4.69) is 126 Å². The second-order valence-corrected chi connectivity index (χ2v) is 17.1. The molecule has 0 aliphatic carbocycles. The molecule has 0 saturated heterocycles. The van der Waals surface area contributed by atoms with E-state index in [1.54, 1.807) is 0 Å². The summed E-state index contributed by atoms with van der Waals surface area (Å²) in [5.41, 5.74) is 14.8. The minimum absolute atomic E-state index is 0.0228. The number of benzene rings is 2. The second kappa shape index (κ2) is 9.13. The predicted molar refractivity (Wildman–Crippen MR) is 151 cm³/mol. The summed E-state index contributed by atoms with van der Waals surface area (Å²) in [7, 11) is 4.36. The Bertz CT molecular complexity index is 934. The van der Waals surface area contributed by atoms with Gasteiger partial charge in [0, 0.05) is 0 Å². The fourth-order valence-corrected chi connectivity index (χ4v) is 7.15. The van der Waals surface area contributed by atoms with Gasteiger partial charge in [0.15, 0.2) is 0 Å². The van der Waals surface area contributed by atoms with Gasteiger partial charge in [-0.1, -0.05) is 0 Å². The van der Waals surface area contributed by atoms with Gasteiger partial charge in [0.05, 0.1) is 0 Å². The van der Waals surface area contributed by atoms with E-state index in [4.69, 9.17) is 5.73 Å². The fourth-order valence-electron chi connectivity index (χ4n) is 4.35. The standard InChI is InChI=1S/C30H48N2Te/c1-27(2,3)21-15-19(16-22(25(21)31)28(4,5)6)33-20-17-23(29(7,8)9)26(32(13)14)24(18-20)30(10,11)12/h15-18H,31H2,1-14H3. The van der Waals surface area contributed by atoms with E-state index in [-0.39, 0.29) is 21.7 Å². The Kier molecular flexibility index (Phi) is 7.76. The Hall–Kier alpha value is -1.17. The zero-order valence-electron chi connectivity index (χ0n) is 23.7. The third-order valence-corrected chi connectivity index (χ3v) is 8.84. The predicted octanol–water partition coefficient (Wildman–Crippen LogP) is 6.18. The first kappa shape index (κ1) is 28.1. The van der Waals surface area contributed by atoms with Gasteiger partial charge >= 0.3 is 216 Å². The topological polar surface area (TPSA) is 29.3 Å². The molecule has 0 saturated carbocycles. The van der Waals surface area contributed by atoms with Crippen molar-refractivity contribution in [2.45, 2.75) is 105 Å². The molecule has 0 unspecified atom stereocenters. The Morgan fingerprint density at radius 1 is 0.545 bits per heavy atom. The van der Waals surface area contributed by atoms with Crippen LogP contribution in [0.2, 0.25) is 0 Å². The van der Waals surface area contributed by atoms with Gasteiger partial charge in [0.25, 0.3) is 0 Å². The summed E-state index contributed by atoms with van der Waals surface area (Å²) >= 11 is -0.580. The van der Waals surface area contributed by atoms with Gasteiger partial charge in [-0.25, -0.2) is 0 Å². The molecule has 2 nitrogen and oxygen atoms in total. The molecule has 2 rings (SSSR count). The average Bonchev–Trinajstić information content (AvgIpc) is 2.58. The minimum atomic E-state index is -0.580. The van der Waals surface area contributed by atoms with E-state index in [1.165, 1.54) is 35.2 Å². The molecule has 0 aromatic heterocycles. The van der Waals surface area contributed by atoms with Gasteiger partial charge in [-0.15, -0.1) is 0 Å². The van der Waals surface area contributed by atoms with E-state index in [0.29, 0.717) is 0 Å². The van der Waals surface area contributed by atoms with Crippen LogP contribution in [0, 0.1) is 0 Å². The van der Waals surface area contributed by atoms with Gasteiger partial charge < -0.3 is 0 Å². The van der Waals surface area contributed by atoms with Crippen molar-refractivity contribution in [3.05, 3.63) is 46.5 Å². The van der Waals surface area contributed by atoms with E-state index < -0.39 is 20.9 Å². The van der Waals surface area contributed by atoms with Crippen LogP contribution in [0.4, 0.5) is 11.4 Å². The maximum absolute atomic E-state index is 6.74. The van der Waals surface area contributed by atoms with Crippen LogP contribution in [0.3, 0.4) is 0 Å². The third kappa shape index (κ3) is 6.49. The van der Waals surface area contributed by atoms with Gasteiger partial charge in [0.1, 0.15) is 0 Å². The van der Waals surface area contributed by atoms with Crippen LogP contribution in [0.15, 0.2) is 24.3 Å². The van der Waals surface area contributed by atoms with Crippen LogP contribution in [0.25, 0.3) is 0 Å². The van der Waals surface area contributed by atoms with Gasteiger partial charge in [-0.2, -0.15) is 0 Å². The fraction of sp³-hybridized carbons (Fsp3) is 0.600. The molecule has 2 aromatic carbocycles. The van der Waals surface area contributed by atoms with Crippen LogP contribution >= 0.6 is 0 Å². The number of nitrogen functional groups attached to an aromatic ring is 1. The number of anilines is 2. The van der Waals surface area contributed by atoms with Gasteiger partial charge in [-0.05, 0) is 0 Å². The van der Waals surface area contributed by atoms with Crippen molar-refractivity contribution in [2.75, 3.05) is 24.7 Å². The molecular formula is C30H48N2Te. The molecule has 0 atom stereocenters. The number of nitrogens with zero attached hydrogens (tertiary/aromatic N) is 1. The molecule has 2 N–H and O–H groups in total. The average molecular weight is 564 g/mol. The summed E-state index contributed by atoms with van der Waals surface area (Å²) in [4.78, 5) is 2.31. The summed E-state index contributed by atoms with van der Waals surface area (Å²) in [6.07, 6.45) is 0. The SMILES string of the molecule is CN(C)c1c(C(C)(C)C)cc([Te]c2cc(C(C)(C)C)c(N)c(C(C)(C)C)c2)cc1C(C)(C)C. The monoisotopic (exact) mass is 566 g/mol. The molecule has 0 spiro atoms. The van der Waals surface area contributed by atoms with E-state index in [0.717, 1.165) is 5.69 Å². The molecule has 0 fully saturated rings. The van der Waals surface area contributed by atoms with Gasteiger partial charge in [-0.3, -0.25) is 0 Å². The quantitative estimate of drug-likeness (QED) is 0.357. The molecule has 33 heavy (non-hydrogen) atoms. The van der Waals surface area contributed by atoms with Crippen molar-refractivity contribution in [3.63, 3.8) is 0 Å². The van der Waals surface area contributed by atoms with E-state index in [1.807, 2.05) is 0 Å². The summed E-state index contributed by atoms with van der Waals surface area (Å²) in [5.74, 6) is 0. The Morgan fingerprint density at radius 2 is 0.818 bits per heavy atom. The van der Waals surface area contributed by atoms with Crippen LogP contribution in [-0.2, 0) is 21.7 Å². The third-order valence-electron chi connectivity index (χ3n) is 6.15. The summed E-state index contributed by atoms with van der Waals surface area (Å²) in [5, 5.41) is 0. The molecule has 0 radical (unpaired) electrons. The zero-order valence-corrected chi connectivity index (χ0v) is 26.1. The first-order valence-electron chi connectivity index (χ1n) is 12.1. The molecule has 0 heterocycles. The molecule has 3 heteroatoms. The molecule has 0 amide bonds. The summed E-state index contributed by atoms with van der Waals surface area (Å²) < 4.78 is 2.98. The van der Waals surface area contributed by atoms with Gasteiger partial charge in [0.2, 0.25) is 0 Å². The number of hydrogen-bond acceptors (Lipinski definition) is 2. The Morgan fingerprint density at radius 3 is 1.06 bits per heavy atom. The second-order valence-electron chi connectivity index (χ2n) is 13.8. The maximum atomic E-state index is 6.74. The number of rotatable bonds is 3. The van der Waals surface area contributed by atoms with Crippen LogP contribution in [0.1, 0.15) is 105 Å². The molecule has 184 valence electrons. The molecule has 0 bridgehead atoms. The summed E-state index contributed by atoms with van der Waals surface area (Å²) in [6, 6.07) is 9.80. The number of hydrogen-bond donors (Lipinski definition) is 1. The zero-order chi connectivity index (χ0) is 25.7. The Balaban J connectivity index is 2.80. The van der Waals surface area contributed by atoms with Crippen molar-refractivity contribution in [1.29, 1.82) is 0 Å². The van der Waals surface area contributed by atoms with Crippen molar-refractivity contribution >= 4 is 39.5 Å². The number of nitrogens with two attached hydrogens (primary N) is 1. The molecule has 2 aromatic rings. The van der Waals surface area contributed by atoms with E-state index in [9.17, 15) is 0 Å². The first-order valence-corrected chi connectivity index (χ1v) is 14.5. The normalized spacial score (nSPS) is 13.4. The van der Waals surface area contributed by atoms with Crippen LogP contribution < -0.4 is 17.9 Å². The Labute approximate surface area is 214 Å². The van der Waals surface area contributed by atoms with Crippen molar-refractivity contribution in [1.82, 2.24) is 0 Å². The van der Waals surface area contributed by atoms with Crippen molar-refractivity contribution in [3.8, 4) is 0 Å². The summed E-state index contributed by atoms with van der Waals surface area (Å²) in [6.45, 7) is 27.7. The molecular weight excluding hydrogens is 516 g/mol. The van der Waals surface area contributed by atoms with Crippen LogP contribution in [0.5, 0.6) is 0 Å². The van der Waals surface area contributed by atoms with Crippen molar-refractivity contribution < 1.29 is 0 Å². The molecule has 0 aliphatic heterocycles. The van der Waals surface area contributed by atoms with Crippen LogP contribution in [-0.4, -0.2) is 35.0 Å².